The van der Waals surface area contributed by atoms with Crippen LogP contribution in [0.2, 0.25) is 0 Å². The van der Waals surface area contributed by atoms with Crippen LogP contribution in [0.3, 0.4) is 0 Å². The van der Waals surface area contributed by atoms with Gasteiger partial charge in [-0.25, -0.2) is 9.67 Å². The molecule has 0 aliphatic rings. The van der Waals surface area contributed by atoms with Crippen LogP contribution in [0.1, 0.15) is 0 Å². The molecule has 0 bridgehead atoms. The molecule has 0 spiro atoms. The van der Waals surface area contributed by atoms with Crippen molar-refractivity contribution in [2.75, 3.05) is 5.73 Å². The third kappa shape index (κ3) is 2.35. The van der Waals surface area contributed by atoms with Gasteiger partial charge in [0.05, 0.1) is 0 Å². The standard InChI is InChI=1S/C8H8N10S/c1-17-8(14-15-16-17)19-7-12-5(9)11-6(13-7)18-3-2-10-4-18/h2-4H,1H3,(H2,9,11,12,13). The summed E-state index contributed by atoms with van der Waals surface area (Å²) in [5.74, 6) is 0.513. The number of nitrogens with zero attached hydrogens (tertiary/aromatic N) is 9. The van der Waals surface area contributed by atoms with Gasteiger partial charge in [-0.2, -0.15) is 15.0 Å². The minimum atomic E-state index is 0.122. The second-order valence-corrected chi connectivity index (χ2v) is 4.37. The second-order valence-electron chi connectivity index (χ2n) is 3.43. The number of hydrogen-bond donors (Lipinski definition) is 1. The van der Waals surface area contributed by atoms with E-state index in [-0.39, 0.29) is 5.95 Å². The van der Waals surface area contributed by atoms with E-state index in [1.165, 1.54) is 16.4 Å². The smallest absolute Gasteiger partial charge is 0.240 e. The molecule has 3 aromatic heterocycles. The molecule has 2 N–H and O–H groups in total. The quantitative estimate of drug-likeness (QED) is 0.661. The lowest BCUT2D eigenvalue weighted by molar-refractivity contribution is 0.663. The molecule has 96 valence electrons. The average molecular weight is 276 g/mol. The molecular weight excluding hydrogens is 268 g/mol. The van der Waals surface area contributed by atoms with E-state index in [1.807, 2.05) is 0 Å². The maximum Gasteiger partial charge on any atom is 0.240 e. The van der Waals surface area contributed by atoms with Crippen molar-refractivity contribution < 1.29 is 0 Å². The van der Waals surface area contributed by atoms with Gasteiger partial charge in [0.25, 0.3) is 0 Å². The molecule has 0 saturated carbocycles. The Balaban J connectivity index is 1.96. The number of nitrogen functional groups attached to an aromatic ring is 1. The fourth-order valence-electron chi connectivity index (χ4n) is 1.29. The summed E-state index contributed by atoms with van der Waals surface area (Å²) in [6.07, 6.45) is 4.92. The van der Waals surface area contributed by atoms with Gasteiger partial charge in [-0.05, 0) is 22.2 Å². The Morgan fingerprint density at radius 3 is 2.84 bits per heavy atom. The minimum Gasteiger partial charge on any atom is -0.368 e. The second kappa shape index (κ2) is 4.61. The number of imidazole rings is 1. The summed E-state index contributed by atoms with van der Waals surface area (Å²) in [4.78, 5) is 16.3. The minimum absolute atomic E-state index is 0.122. The molecule has 3 rings (SSSR count). The molecule has 0 aliphatic carbocycles. The van der Waals surface area contributed by atoms with Crippen LogP contribution >= 0.6 is 11.8 Å². The molecule has 0 saturated heterocycles. The van der Waals surface area contributed by atoms with Crippen molar-refractivity contribution in [3.63, 3.8) is 0 Å². The van der Waals surface area contributed by atoms with Gasteiger partial charge in [0, 0.05) is 19.4 Å². The van der Waals surface area contributed by atoms with E-state index in [4.69, 9.17) is 5.73 Å². The summed E-state index contributed by atoms with van der Waals surface area (Å²) in [6.45, 7) is 0. The van der Waals surface area contributed by atoms with E-state index in [0.717, 1.165) is 0 Å². The lowest BCUT2D eigenvalue weighted by Crippen LogP contribution is -2.06. The molecule has 0 aliphatic heterocycles. The van der Waals surface area contributed by atoms with Crippen molar-refractivity contribution in [2.45, 2.75) is 10.3 Å². The highest BCUT2D eigenvalue weighted by Crippen LogP contribution is 2.21. The number of tetrazole rings is 1. The molecule has 0 amide bonds. The molecule has 19 heavy (non-hydrogen) atoms. The summed E-state index contributed by atoms with van der Waals surface area (Å²) in [5.41, 5.74) is 5.66. The van der Waals surface area contributed by atoms with Crippen LogP contribution in [0.4, 0.5) is 5.95 Å². The lowest BCUT2D eigenvalue weighted by Gasteiger charge is -2.03. The van der Waals surface area contributed by atoms with Crippen molar-refractivity contribution in [2.24, 2.45) is 7.05 Å². The van der Waals surface area contributed by atoms with Crippen molar-refractivity contribution in [1.82, 2.24) is 44.7 Å². The number of anilines is 1. The van der Waals surface area contributed by atoms with Crippen molar-refractivity contribution in [1.29, 1.82) is 0 Å². The Morgan fingerprint density at radius 1 is 1.26 bits per heavy atom. The van der Waals surface area contributed by atoms with Crippen molar-refractivity contribution >= 4 is 17.7 Å². The van der Waals surface area contributed by atoms with Gasteiger partial charge in [0.2, 0.25) is 22.2 Å². The third-order valence-corrected chi connectivity index (χ3v) is 3.01. The Labute approximate surface area is 111 Å². The molecule has 10 nitrogen and oxygen atoms in total. The van der Waals surface area contributed by atoms with Crippen molar-refractivity contribution in [3.8, 4) is 5.95 Å². The predicted molar refractivity (Wildman–Crippen MR) is 64.3 cm³/mol. The molecule has 0 fully saturated rings. The van der Waals surface area contributed by atoms with Crippen LogP contribution in [0.25, 0.3) is 5.95 Å². The first kappa shape index (κ1) is 11.5. The SMILES string of the molecule is Cn1nnnc1Sc1nc(N)nc(-n2ccnc2)n1. The Morgan fingerprint density at radius 2 is 2.16 bits per heavy atom. The highest BCUT2D eigenvalue weighted by molar-refractivity contribution is 7.99. The first-order valence-corrected chi connectivity index (χ1v) is 5.94. The van der Waals surface area contributed by atoms with Crippen LogP contribution in [0, 0.1) is 0 Å². The van der Waals surface area contributed by atoms with Gasteiger partial charge in [-0.15, -0.1) is 5.10 Å². The molecular formula is C8H8N10S. The Hall–Kier alpha value is -2.56. The van der Waals surface area contributed by atoms with Crippen LogP contribution in [0.5, 0.6) is 0 Å². The zero-order valence-electron chi connectivity index (χ0n) is 9.74. The average Bonchev–Trinajstić information content (AvgIpc) is 3.01. The van der Waals surface area contributed by atoms with Crippen molar-refractivity contribution in [3.05, 3.63) is 18.7 Å². The van der Waals surface area contributed by atoms with E-state index in [0.29, 0.717) is 16.3 Å². The summed E-state index contributed by atoms with van der Waals surface area (Å²) in [7, 11) is 1.73. The largest absolute Gasteiger partial charge is 0.368 e. The summed E-state index contributed by atoms with van der Waals surface area (Å²) >= 11 is 1.20. The first-order valence-electron chi connectivity index (χ1n) is 5.12. The van der Waals surface area contributed by atoms with E-state index < -0.39 is 0 Å². The number of rotatable bonds is 3. The normalized spacial score (nSPS) is 10.8. The summed E-state index contributed by atoms with van der Waals surface area (Å²) in [6, 6.07) is 0. The van der Waals surface area contributed by atoms with Crippen LogP contribution in [-0.2, 0) is 7.05 Å². The number of nitrogens with two attached hydrogens (primary N) is 1. The number of hydrogen-bond acceptors (Lipinski definition) is 9. The van der Waals surface area contributed by atoms with Gasteiger partial charge >= 0.3 is 0 Å². The molecule has 3 heterocycles. The van der Waals surface area contributed by atoms with Gasteiger partial charge in [0.1, 0.15) is 6.33 Å². The maximum absolute atomic E-state index is 5.66. The van der Waals surface area contributed by atoms with Crippen LogP contribution in [0.15, 0.2) is 29.0 Å². The van der Waals surface area contributed by atoms with E-state index in [1.54, 1.807) is 30.3 Å². The zero-order chi connectivity index (χ0) is 13.2. The van der Waals surface area contributed by atoms with E-state index in [2.05, 4.69) is 35.5 Å². The molecule has 0 radical (unpaired) electrons. The number of aryl methyl sites for hydroxylation is 1. The zero-order valence-corrected chi connectivity index (χ0v) is 10.6. The van der Waals surface area contributed by atoms with Crippen LogP contribution in [-0.4, -0.2) is 44.7 Å². The molecule has 0 aromatic carbocycles. The first-order chi connectivity index (χ1) is 9.22. The van der Waals surface area contributed by atoms with Gasteiger partial charge in [0.15, 0.2) is 0 Å². The topological polar surface area (TPSA) is 126 Å². The molecule has 3 aromatic rings. The fraction of sp³-hybridized carbons (Fsp3) is 0.125. The van der Waals surface area contributed by atoms with Gasteiger partial charge < -0.3 is 5.73 Å². The third-order valence-electron chi connectivity index (χ3n) is 2.12. The highest BCUT2D eigenvalue weighted by Gasteiger charge is 2.11. The van der Waals surface area contributed by atoms with Crippen LogP contribution < -0.4 is 5.73 Å². The molecule has 11 heteroatoms. The number of aromatic nitrogens is 9. The van der Waals surface area contributed by atoms with E-state index >= 15 is 0 Å². The summed E-state index contributed by atoms with van der Waals surface area (Å²) < 4.78 is 3.15. The predicted octanol–water partition coefficient (Wildman–Crippen LogP) is -0.686. The molecule has 0 atom stereocenters. The van der Waals surface area contributed by atoms with Gasteiger partial charge in [-0.1, -0.05) is 0 Å². The highest BCUT2D eigenvalue weighted by atomic mass is 32.2. The molecule has 0 unspecified atom stereocenters. The van der Waals surface area contributed by atoms with E-state index in [9.17, 15) is 0 Å². The Bertz CT molecular complexity index is 689. The summed E-state index contributed by atoms with van der Waals surface area (Å²) in [5, 5.41) is 12.1. The lowest BCUT2D eigenvalue weighted by atomic mass is 10.8. The fourth-order valence-corrected chi connectivity index (χ4v) is 1.96. The van der Waals surface area contributed by atoms with Gasteiger partial charge in [-0.3, -0.25) is 4.57 Å². The Kier molecular flexibility index (Phi) is 2.79. The maximum atomic E-state index is 5.66. The monoisotopic (exact) mass is 276 g/mol.